The van der Waals surface area contributed by atoms with Crippen LogP contribution in [0.1, 0.15) is 11.5 Å². The molecule has 0 amide bonds. The minimum Gasteiger partial charge on any atom is -0.505 e. The summed E-state index contributed by atoms with van der Waals surface area (Å²) in [5.74, 6) is -0.982. The fraction of sp³-hybridized carbons (Fsp3) is 0.222. The summed E-state index contributed by atoms with van der Waals surface area (Å²) in [7, 11) is 0. The Balaban J connectivity index is 2.39. The summed E-state index contributed by atoms with van der Waals surface area (Å²) >= 11 is 0. The van der Waals surface area contributed by atoms with Gasteiger partial charge in [0, 0.05) is 17.7 Å². The van der Waals surface area contributed by atoms with Gasteiger partial charge < -0.3 is 5.11 Å². The third-order valence-corrected chi connectivity index (χ3v) is 2.02. The van der Waals surface area contributed by atoms with Gasteiger partial charge in [0.05, 0.1) is 6.54 Å². The zero-order valence-electron chi connectivity index (χ0n) is 6.81. The van der Waals surface area contributed by atoms with E-state index in [0.717, 1.165) is 0 Å². The number of nitrogens with zero attached hydrogens (tertiary/aromatic N) is 2. The van der Waals surface area contributed by atoms with Crippen molar-refractivity contribution in [2.75, 3.05) is 6.54 Å². The molecule has 0 aromatic heterocycles. The van der Waals surface area contributed by atoms with Crippen molar-refractivity contribution in [3.8, 4) is 5.75 Å². The second kappa shape index (κ2) is 3.05. The summed E-state index contributed by atoms with van der Waals surface area (Å²) in [6, 6.07) is 4.47. The largest absolute Gasteiger partial charge is 0.505 e. The van der Waals surface area contributed by atoms with Crippen LogP contribution >= 0.6 is 0 Å². The molecule has 1 heterocycles. The van der Waals surface area contributed by atoms with Gasteiger partial charge >= 0.3 is 0 Å². The SMILES string of the molecule is Oc1c(F)cccc1C1C=N[N]C1. The van der Waals surface area contributed by atoms with Gasteiger partial charge in [0.2, 0.25) is 0 Å². The summed E-state index contributed by atoms with van der Waals surface area (Å²) in [6.07, 6.45) is 1.61. The van der Waals surface area contributed by atoms with Crippen molar-refractivity contribution in [3.63, 3.8) is 0 Å². The Morgan fingerprint density at radius 1 is 1.46 bits per heavy atom. The number of hydrogen-bond donors (Lipinski definition) is 1. The molecule has 1 aliphatic rings. The van der Waals surface area contributed by atoms with Crippen LogP contribution in [0.15, 0.2) is 23.3 Å². The Labute approximate surface area is 74.9 Å². The summed E-state index contributed by atoms with van der Waals surface area (Å²) in [4.78, 5) is 0. The Morgan fingerprint density at radius 2 is 2.31 bits per heavy atom. The molecule has 1 aliphatic heterocycles. The van der Waals surface area contributed by atoms with Crippen LogP contribution in [0.25, 0.3) is 0 Å². The standard InChI is InChI=1S/C9H8FN2O/c10-8-3-1-2-7(9(8)13)6-4-11-12-5-6/h1-4,6,13H,5H2. The van der Waals surface area contributed by atoms with Crippen molar-refractivity contribution < 1.29 is 9.50 Å². The molecule has 1 aromatic carbocycles. The highest BCUT2D eigenvalue weighted by molar-refractivity contribution is 5.71. The molecule has 4 heteroatoms. The van der Waals surface area contributed by atoms with Crippen LogP contribution in [0.5, 0.6) is 5.75 Å². The van der Waals surface area contributed by atoms with Gasteiger partial charge in [0.25, 0.3) is 0 Å². The number of halogens is 1. The van der Waals surface area contributed by atoms with Crippen molar-refractivity contribution in [1.29, 1.82) is 0 Å². The molecule has 3 nitrogen and oxygen atoms in total. The van der Waals surface area contributed by atoms with E-state index in [1.54, 1.807) is 18.3 Å². The highest BCUT2D eigenvalue weighted by Gasteiger charge is 2.19. The quantitative estimate of drug-likeness (QED) is 0.692. The number of hydrogen-bond acceptors (Lipinski definition) is 2. The average Bonchev–Trinajstić information content (AvgIpc) is 2.62. The number of rotatable bonds is 1. The fourth-order valence-electron chi connectivity index (χ4n) is 1.32. The molecule has 1 radical (unpaired) electrons. The topological polar surface area (TPSA) is 46.7 Å². The maximum atomic E-state index is 12.9. The van der Waals surface area contributed by atoms with Crippen LogP contribution in [0.2, 0.25) is 0 Å². The normalized spacial score (nSPS) is 20.2. The monoisotopic (exact) mass is 179 g/mol. The van der Waals surface area contributed by atoms with Crippen LogP contribution in [0.3, 0.4) is 0 Å². The minimum atomic E-state index is -0.599. The van der Waals surface area contributed by atoms with Crippen molar-refractivity contribution in [1.82, 2.24) is 5.43 Å². The predicted octanol–water partition coefficient (Wildman–Crippen LogP) is 1.22. The molecule has 0 bridgehead atoms. The number of phenolic OH excluding ortho intramolecular Hbond substituents is 1. The van der Waals surface area contributed by atoms with Gasteiger partial charge in [-0.2, -0.15) is 10.5 Å². The van der Waals surface area contributed by atoms with E-state index < -0.39 is 5.82 Å². The first-order chi connectivity index (χ1) is 6.29. The summed E-state index contributed by atoms with van der Waals surface area (Å²) < 4.78 is 12.9. The molecule has 13 heavy (non-hydrogen) atoms. The maximum Gasteiger partial charge on any atom is 0.165 e. The van der Waals surface area contributed by atoms with Gasteiger partial charge in [-0.15, -0.1) is 0 Å². The third kappa shape index (κ3) is 1.35. The molecule has 0 fully saturated rings. The first kappa shape index (κ1) is 8.04. The van der Waals surface area contributed by atoms with Crippen LogP contribution in [-0.4, -0.2) is 17.9 Å². The Morgan fingerprint density at radius 3 is 3.00 bits per heavy atom. The van der Waals surface area contributed by atoms with Crippen molar-refractivity contribution in [2.24, 2.45) is 5.10 Å². The molecule has 1 N–H and O–H groups in total. The molecule has 67 valence electrons. The van der Waals surface area contributed by atoms with Gasteiger partial charge in [0.15, 0.2) is 11.6 Å². The highest BCUT2D eigenvalue weighted by atomic mass is 19.1. The van der Waals surface area contributed by atoms with Crippen molar-refractivity contribution in [3.05, 3.63) is 29.6 Å². The van der Waals surface area contributed by atoms with Crippen LogP contribution in [0, 0.1) is 5.82 Å². The van der Waals surface area contributed by atoms with Crippen molar-refractivity contribution in [2.45, 2.75) is 5.92 Å². The lowest BCUT2D eigenvalue weighted by Crippen LogP contribution is -2.04. The summed E-state index contributed by atoms with van der Waals surface area (Å²) in [5, 5.41) is 13.1. The zero-order valence-corrected chi connectivity index (χ0v) is 6.81. The number of benzene rings is 1. The molecule has 2 rings (SSSR count). The van der Waals surface area contributed by atoms with E-state index in [1.165, 1.54) is 6.07 Å². The minimum absolute atomic E-state index is 0.0873. The maximum absolute atomic E-state index is 12.9. The molecule has 0 spiro atoms. The fourth-order valence-corrected chi connectivity index (χ4v) is 1.32. The van der Waals surface area contributed by atoms with E-state index in [1.807, 2.05) is 0 Å². The van der Waals surface area contributed by atoms with E-state index in [-0.39, 0.29) is 11.7 Å². The van der Waals surface area contributed by atoms with Gasteiger partial charge in [-0.25, -0.2) is 4.39 Å². The molecule has 0 aliphatic carbocycles. The lowest BCUT2D eigenvalue weighted by atomic mass is 10.00. The van der Waals surface area contributed by atoms with Gasteiger partial charge in [0.1, 0.15) is 0 Å². The van der Waals surface area contributed by atoms with E-state index in [0.29, 0.717) is 12.1 Å². The van der Waals surface area contributed by atoms with E-state index in [9.17, 15) is 9.50 Å². The Hall–Kier alpha value is -1.58. The Bertz CT molecular complexity index is 351. The van der Waals surface area contributed by atoms with Crippen LogP contribution in [0.4, 0.5) is 4.39 Å². The molecule has 1 aromatic rings. The molecule has 0 saturated carbocycles. The molecular weight excluding hydrogens is 171 g/mol. The van der Waals surface area contributed by atoms with Crippen molar-refractivity contribution >= 4 is 6.21 Å². The molecular formula is C9H8FN2O. The molecule has 1 unspecified atom stereocenters. The second-order valence-corrected chi connectivity index (χ2v) is 2.87. The first-order valence-corrected chi connectivity index (χ1v) is 3.96. The first-order valence-electron chi connectivity index (χ1n) is 3.96. The lowest BCUT2D eigenvalue weighted by Gasteiger charge is -2.07. The van der Waals surface area contributed by atoms with Gasteiger partial charge in [-0.3, -0.25) is 0 Å². The zero-order chi connectivity index (χ0) is 9.26. The number of para-hydroxylation sites is 1. The average molecular weight is 179 g/mol. The lowest BCUT2D eigenvalue weighted by molar-refractivity contribution is 0.424. The van der Waals surface area contributed by atoms with E-state index in [2.05, 4.69) is 10.5 Å². The smallest absolute Gasteiger partial charge is 0.165 e. The molecule has 0 saturated heterocycles. The van der Waals surface area contributed by atoms with Crippen LogP contribution in [-0.2, 0) is 0 Å². The highest BCUT2D eigenvalue weighted by Crippen LogP contribution is 2.28. The predicted molar refractivity (Wildman–Crippen MR) is 46.3 cm³/mol. The second-order valence-electron chi connectivity index (χ2n) is 2.87. The summed E-state index contributed by atoms with van der Waals surface area (Å²) in [6.45, 7) is 0.483. The number of phenols is 1. The number of aromatic hydroxyl groups is 1. The van der Waals surface area contributed by atoms with Gasteiger partial charge in [-0.05, 0) is 6.07 Å². The van der Waals surface area contributed by atoms with Crippen LogP contribution < -0.4 is 5.43 Å². The van der Waals surface area contributed by atoms with E-state index in [4.69, 9.17) is 0 Å². The van der Waals surface area contributed by atoms with E-state index >= 15 is 0 Å². The Kier molecular flexibility index (Phi) is 1.88. The summed E-state index contributed by atoms with van der Waals surface area (Å²) in [5.41, 5.74) is 4.29. The third-order valence-electron chi connectivity index (χ3n) is 2.02. The van der Waals surface area contributed by atoms with Gasteiger partial charge in [-0.1, -0.05) is 12.1 Å². The molecule has 1 atom stereocenters.